The lowest BCUT2D eigenvalue weighted by molar-refractivity contribution is 0.228. The maximum atomic E-state index is 5.69. The molecule has 0 spiro atoms. The first-order chi connectivity index (χ1) is 4.18. The standard InChI is InChI=1S/C6H15N3/c1-9-3-5(7)2-6(8)4-9/h5-6H,2-4,7-8H2,1H3. The maximum absolute atomic E-state index is 5.69. The Morgan fingerprint density at radius 3 is 2.00 bits per heavy atom. The van der Waals surface area contributed by atoms with Gasteiger partial charge in [0.05, 0.1) is 0 Å². The van der Waals surface area contributed by atoms with Crippen LogP contribution in [0.2, 0.25) is 0 Å². The first-order valence-corrected chi connectivity index (χ1v) is 3.38. The lowest BCUT2D eigenvalue weighted by Crippen LogP contribution is -2.50. The number of likely N-dealkylation sites (tertiary alicyclic amines) is 1. The molecule has 0 aliphatic carbocycles. The molecule has 1 aliphatic rings. The molecule has 1 fully saturated rings. The van der Waals surface area contributed by atoms with Crippen LogP contribution in [-0.2, 0) is 0 Å². The van der Waals surface area contributed by atoms with Gasteiger partial charge in [0, 0.05) is 25.2 Å². The van der Waals surface area contributed by atoms with Crippen molar-refractivity contribution in [3.05, 3.63) is 0 Å². The summed E-state index contributed by atoms with van der Waals surface area (Å²) in [7, 11) is 2.05. The Morgan fingerprint density at radius 2 is 1.67 bits per heavy atom. The lowest BCUT2D eigenvalue weighted by Gasteiger charge is -2.31. The lowest BCUT2D eigenvalue weighted by atomic mass is 10.0. The van der Waals surface area contributed by atoms with Crippen molar-refractivity contribution >= 4 is 0 Å². The number of hydrogen-bond acceptors (Lipinski definition) is 3. The number of rotatable bonds is 0. The van der Waals surface area contributed by atoms with Crippen LogP contribution in [0.3, 0.4) is 0 Å². The van der Waals surface area contributed by atoms with Gasteiger partial charge in [-0.25, -0.2) is 0 Å². The minimum absolute atomic E-state index is 0.291. The smallest absolute Gasteiger partial charge is 0.0182 e. The van der Waals surface area contributed by atoms with E-state index < -0.39 is 0 Å². The van der Waals surface area contributed by atoms with E-state index in [4.69, 9.17) is 11.5 Å². The molecule has 1 saturated heterocycles. The highest BCUT2D eigenvalue weighted by Crippen LogP contribution is 2.03. The first kappa shape index (κ1) is 6.99. The molecule has 54 valence electrons. The van der Waals surface area contributed by atoms with Crippen molar-refractivity contribution in [1.29, 1.82) is 0 Å². The van der Waals surface area contributed by atoms with Crippen molar-refractivity contribution in [3.63, 3.8) is 0 Å². The van der Waals surface area contributed by atoms with Gasteiger partial charge in [0.15, 0.2) is 0 Å². The van der Waals surface area contributed by atoms with Gasteiger partial charge in [-0.2, -0.15) is 0 Å². The van der Waals surface area contributed by atoms with Crippen molar-refractivity contribution in [3.8, 4) is 0 Å². The second-order valence-corrected chi connectivity index (χ2v) is 2.98. The van der Waals surface area contributed by atoms with Crippen LogP contribution in [0.15, 0.2) is 0 Å². The van der Waals surface area contributed by atoms with Gasteiger partial charge in [-0.05, 0) is 13.5 Å². The van der Waals surface area contributed by atoms with Crippen LogP contribution in [0.25, 0.3) is 0 Å². The Kier molecular flexibility index (Phi) is 2.05. The average Bonchev–Trinajstić information content (AvgIpc) is 1.59. The quantitative estimate of drug-likeness (QED) is 0.440. The summed E-state index contributed by atoms with van der Waals surface area (Å²) in [6, 6.07) is 0.581. The molecule has 0 aromatic rings. The number of nitrogens with zero attached hydrogens (tertiary/aromatic N) is 1. The number of likely N-dealkylation sites (N-methyl/N-ethyl adjacent to an activating group) is 1. The van der Waals surface area contributed by atoms with Gasteiger partial charge >= 0.3 is 0 Å². The van der Waals surface area contributed by atoms with Gasteiger partial charge in [0.1, 0.15) is 0 Å². The Hall–Kier alpha value is -0.120. The van der Waals surface area contributed by atoms with Crippen LogP contribution in [0, 0.1) is 0 Å². The monoisotopic (exact) mass is 129 g/mol. The zero-order valence-corrected chi connectivity index (χ0v) is 5.88. The first-order valence-electron chi connectivity index (χ1n) is 3.38. The van der Waals surface area contributed by atoms with E-state index in [2.05, 4.69) is 11.9 Å². The third-order valence-electron chi connectivity index (χ3n) is 1.70. The molecule has 0 bridgehead atoms. The highest BCUT2D eigenvalue weighted by Gasteiger charge is 2.18. The van der Waals surface area contributed by atoms with Crippen molar-refractivity contribution in [1.82, 2.24) is 4.90 Å². The van der Waals surface area contributed by atoms with E-state index >= 15 is 0 Å². The molecule has 1 rings (SSSR count). The van der Waals surface area contributed by atoms with Crippen LogP contribution in [-0.4, -0.2) is 37.1 Å². The SMILES string of the molecule is CN1CC(N)CC(N)C1. The zero-order valence-electron chi connectivity index (χ0n) is 5.88. The Labute approximate surface area is 56.0 Å². The highest BCUT2D eigenvalue weighted by molar-refractivity contribution is 4.81. The minimum Gasteiger partial charge on any atom is -0.326 e. The number of hydrogen-bond donors (Lipinski definition) is 2. The van der Waals surface area contributed by atoms with E-state index in [0.717, 1.165) is 19.5 Å². The molecule has 2 atom stereocenters. The molecule has 3 nitrogen and oxygen atoms in total. The molecule has 0 aromatic heterocycles. The predicted molar refractivity (Wildman–Crippen MR) is 38.1 cm³/mol. The van der Waals surface area contributed by atoms with Gasteiger partial charge in [0.25, 0.3) is 0 Å². The van der Waals surface area contributed by atoms with Crippen molar-refractivity contribution < 1.29 is 0 Å². The topological polar surface area (TPSA) is 55.3 Å². The molecule has 0 aromatic carbocycles. The summed E-state index contributed by atoms with van der Waals surface area (Å²) in [4.78, 5) is 2.18. The van der Waals surface area contributed by atoms with Crippen LogP contribution in [0.4, 0.5) is 0 Å². The van der Waals surface area contributed by atoms with Crippen molar-refractivity contribution in [2.75, 3.05) is 20.1 Å². The highest BCUT2D eigenvalue weighted by atomic mass is 15.1. The zero-order chi connectivity index (χ0) is 6.85. The average molecular weight is 129 g/mol. The van der Waals surface area contributed by atoms with Gasteiger partial charge in [0.2, 0.25) is 0 Å². The molecule has 2 unspecified atom stereocenters. The van der Waals surface area contributed by atoms with Gasteiger partial charge < -0.3 is 16.4 Å². The van der Waals surface area contributed by atoms with Gasteiger partial charge in [-0.3, -0.25) is 0 Å². The van der Waals surface area contributed by atoms with Crippen LogP contribution in [0.5, 0.6) is 0 Å². The third kappa shape index (κ3) is 1.93. The summed E-state index contributed by atoms with van der Waals surface area (Å²) >= 11 is 0. The Bertz CT molecular complexity index is 69.3. The molecular weight excluding hydrogens is 114 g/mol. The molecule has 9 heavy (non-hydrogen) atoms. The van der Waals surface area contributed by atoms with Crippen LogP contribution >= 0.6 is 0 Å². The van der Waals surface area contributed by atoms with E-state index in [1.54, 1.807) is 0 Å². The fraction of sp³-hybridized carbons (Fsp3) is 1.00. The van der Waals surface area contributed by atoms with E-state index in [-0.39, 0.29) is 0 Å². The minimum atomic E-state index is 0.291. The molecule has 0 amide bonds. The summed E-state index contributed by atoms with van der Waals surface area (Å²) in [6.07, 6.45) is 0.977. The van der Waals surface area contributed by atoms with Crippen molar-refractivity contribution in [2.24, 2.45) is 11.5 Å². The van der Waals surface area contributed by atoms with E-state index in [1.807, 2.05) is 0 Å². The summed E-state index contributed by atoms with van der Waals surface area (Å²) < 4.78 is 0. The molecule has 3 heteroatoms. The van der Waals surface area contributed by atoms with Crippen molar-refractivity contribution in [2.45, 2.75) is 18.5 Å². The maximum Gasteiger partial charge on any atom is 0.0182 e. The molecule has 4 N–H and O–H groups in total. The van der Waals surface area contributed by atoms with Crippen LogP contribution < -0.4 is 11.5 Å². The molecule has 1 heterocycles. The fourth-order valence-electron chi connectivity index (χ4n) is 1.41. The van der Waals surface area contributed by atoms with Gasteiger partial charge in [-0.15, -0.1) is 0 Å². The molecular formula is C6H15N3. The Morgan fingerprint density at radius 1 is 1.22 bits per heavy atom. The van der Waals surface area contributed by atoms with E-state index in [0.29, 0.717) is 12.1 Å². The van der Waals surface area contributed by atoms with E-state index in [9.17, 15) is 0 Å². The number of piperidine rings is 1. The second kappa shape index (κ2) is 2.64. The predicted octanol–water partition coefficient (Wildman–Crippen LogP) is -1.02. The second-order valence-electron chi connectivity index (χ2n) is 2.98. The molecule has 0 saturated carbocycles. The molecule has 1 aliphatic heterocycles. The van der Waals surface area contributed by atoms with Crippen LogP contribution in [0.1, 0.15) is 6.42 Å². The molecule has 0 radical (unpaired) electrons. The third-order valence-corrected chi connectivity index (χ3v) is 1.70. The summed E-state index contributed by atoms with van der Waals surface area (Å²) in [5.74, 6) is 0. The van der Waals surface area contributed by atoms with Gasteiger partial charge in [-0.1, -0.05) is 0 Å². The largest absolute Gasteiger partial charge is 0.326 e. The normalized spacial score (nSPS) is 39.0. The van der Waals surface area contributed by atoms with E-state index in [1.165, 1.54) is 0 Å². The summed E-state index contributed by atoms with van der Waals surface area (Å²) in [5, 5.41) is 0. The Balaban J connectivity index is 2.34. The fourth-order valence-corrected chi connectivity index (χ4v) is 1.41. The number of nitrogens with two attached hydrogens (primary N) is 2. The summed E-state index contributed by atoms with van der Waals surface area (Å²) in [5.41, 5.74) is 11.4. The summed E-state index contributed by atoms with van der Waals surface area (Å²) in [6.45, 7) is 1.99.